The number of nitrogens with zero attached hydrogens (tertiary/aromatic N) is 4. The average Bonchev–Trinajstić information content (AvgIpc) is 3.35. The minimum Gasteiger partial charge on any atom is -0.382 e. The van der Waals surface area contributed by atoms with Crippen LogP contribution in [-0.2, 0) is 4.18 Å². The van der Waals surface area contributed by atoms with Crippen molar-refractivity contribution < 1.29 is 4.18 Å². The first kappa shape index (κ1) is 24.8. The van der Waals surface area contributed by atoms with E-state index in [-0.39, 0.29) is 0 Å². The number of hydrogen-bond donors (Lipinski definition) is 1. The van der Waals surface area contributed by atoms with Gasteiger partial charge in [-0.05, 0) is 49.9 Å². The Hall–Kier alpha value is -4.20. The second-order valence-corrected chi connectivity index (χ2v) is 11.4. The van der Waals surface area contributed by atoms with Gasteiger partial charge in [-0.25, -0.2) is 15.0 Å². The number of benzene rings is 3. The Kier molecular flexibility index (Phi) is 6.46. The number of anilines is 1. The molecule has 0 bridgehead atoms. The van der Waals surface area contributed by atoms with E-state index in [0.717, 1.165) is 69.1 Å². The van der Waals surface area contributed by atoms with E-state index in [1.807, 2.05) is 24.4 Å². The van der Waals surface area contributed by atoms with Crippen molar-refractivity contribution in [3.63, 3.8) is 0 Å². The quantitative estimate of drug-likeness (QED) is 0.208. The first-order valence-corrected chi connectivity index (χ1v) is 14.3. The van der Waals surface area contributed by atoms with Crippen molar-refractivity contribution in [2.75, 3.05) is 12.3 Å². The molecule has 6 nitrogen and oxygen atoms in total. The predicted molar refractivity (Wildman–Crippen MR) is 162 cm³/mol. The van der Waals surface area contributed by atoms with Crippen LogP contribution in [0.1, 0.15) is 30.1 Å². The van der Waals surface area contributed by atoms with Crippen LogP contribution in [-0.4, -0.2) is 26.0 Å². The van der Waals surface area contributed by atoms with Crippen LogP contribution in [0.25, 0.3) is 38.9 Å². The number of nitrogens with two attached hydrogens (primary N) is 1. The zero-order chi connectivity index (χ0) is 27.1. The predicted octanol–water partition coefficient (Wildman–Crippen LogP) is 7.72. The molecule has 0 radical (unpaired) electrons. The van der Waals surface area contributed by atoms with Crippen molar-refractivity contribution in [1.29, 1.82) is 0 Å². The molecular weight excluding hydrogens is 514 g/mol. The highest BCUT2D eigenvalue weighted by Crippen LogP contribution is 2.44. The monoisotopic (exact) mass is 543 g/mol. The van der Waals surface area contributed by atoms with Gasteiger partial charge in [-0.15, -0.1) is 0 Å². The van der Waals surface area contributed by atoms with Gasteiger partial charge in [-0.1, -0.05) is 66.2 Å². The molecule has 0 atom stereocenters. The van der Waals surface area contributed by atoms with Crippen LogP contribution >= 0.6 is 12.0 Å². The molecule has 3 heterocycles. The average molecular weight is 544 g/mol. The van der Waals surface area contributed by atoms with E-state index in [0.29, 0.717) is 17.7 Å². The summed E-state index contributed by atoms with van der Waals surface area (Å²) in [4.78, 5) is 15.7. The van der Waals surface area contributed by atoms with Gasteiger partial charge in [0.05, 0.1) is 17.8 Å². The Bertz CT molecular complexity index is 1810. The minimum atomic E-state index is 0.351. The van der Waals surface area contributed by atoms with Gasteiger partial charge >= 0.3 is 0 Å². The summed E-state index contributed by atoms with van der Waals surface area (Å²) < 4.78 is 8.09. The fourth-order valence-corrected chi connectivity index (χ4v) is 6.13. The van der Waals surface area contributed by atoms with E-state index in [9.17, 15) is 0 Å². The Morgan fingerprint density at radius 2 is 1.73 bits per heavy atom. The number of pyridine rings is 1. The summed E-state index contributed by atoms with van der Waals surface area (Å²) >= 11 is 1.46. The van der Waals surface area contributed by atoms with Crippen molar-refractivity contribution in [3.05, 3.63) is 109 Å². The Balaban J connectivity index is 1.14. The van der Waals surface area contributed by atoms with Crippen LogP contribution in [0.5, 0.6) is 0 Å². The van der Waals surface area contributed by atoms with Gasteiger partial charge in [0.1, 0.15) is 22.9 Å². The normalized spacial score (nSPS) is 16.8. The van der Waals surface area contributed by atoms with Crippen LogP contribution in [0.4, 0.5) is 5.82 Å². The Morgan fingerprint density at radius 1 is 0.925 bits per heavy atom. The molecule has 0 amide bonds. The summed E-state index contributed by atoms with van der Waals surface area (Å²) in [6.45, 7) is 2.83. The second kappa shape index (κ2) is 10.4. The van der Waals surface area contributed by atoms with Gasteiger partial charge in [0.2, 0.25) is 0 Å². The number of fused-ring (bicyclic) bond motifs is 2. The van der Waals surface area contributed by atoms with Gasteiger partial charge in [0, 0.05) is 51.8 Å². The van der Waals surface area contributed by atoms with Crippen molar-refractivity contribution in [1.82, 2.24) is 19.4 Å². The third-order valence-electron chi connectivity index (χ3n) is 7.73. The lowest BCUT2D eigenvalue weighted by Crippen LogP contribution is -2.26. The van der Waals surface area contributed by atoms with E-state index in [4.69, 9.17) is 19.9 Å². The number of aryl methyl sites for hydroxylation is 1. The molecule has 198 valence electrons. The van der Waals surface area contributed by atoms with Gasteiger partial charge in [-0.3, -0.25) is 4.40 Å². The lowest BCUT2D eigenvalue weighted by molar-refractivity contribution is 0.171. The van der Waals surface area contributed by atoms with Crippen LogP contribution in [0.3, 0.4) is 0 Å². The molecule has 0 aliphatic heterocycles. The van der Waals surface area contributed by atoms with Crippen LogP contribution < -0.4 is 5.73 Å². The summed E-state index contributed by atoms with van der Waals surface area (Å²) in [6.07, 6.45) is 5.80. The number of aromatic nitrogens is 4. The lowest BCUT2D eigenvalue weighted by Gasteiger charge is -2.33. The molecule has 7 rings (SSSR count). The van der Waals surface area contributed by atoms with Crippen molar-refractivity contribution >= 4 is 34.3 Å². The molecule has 3 aromatic heterocycles. The molecule has 2 N–H and O–H groups in total. The van der Waals surface area contributed by atoms with Gasteiger partial charge in [-0.2, -0.15) is 0 Å². The van der Waals surface area contributed by atoms with Gasteiger partial charge in [0.15, 0.2) is 0 Å². The molecule has 0 spiro atoms. The molecule has 1 aliphatic rings. The van der Waals surface area contributed by atoms with Crippen molar-refractivity contribution in [2.45, 2.75) is 30.6 Å². The first-order valence-electron chi connectivity index (χ1n) is 13.6. The highest BCUT2D eigenvalue weighted by molar-refractivity contribution is 7.94. The summed E-state index contributed by atoms with van der Waals surface area (Å²) in [5.41, 5.74) is 13.3. The van der Waals surface area contributed by atoms with Crippen LogP contribution in [0.2, 0.25) is 0 Å². The van der Waals surface area contributed by atoms with E-state index in [1.54, 1.807) is 6.20 Å². The molecule has 3 aromatic carbocycles. The number of nitrogen functional groups attached to an aromatic ring is 1. The molecule has 0 unspecified atom stereocenters. The number of imidazole rings is 1. The van der Waals surface area contributed by atoms with Crippen molar-refractivity contribution in [2.24, 2.45) is 5.92 Å². The van der Waals surface area contributed by atoms with Crippen LogP contribution in [0.15, 0.2) is 102 Å². The van der Waals surface area contributed by atoms with E-state index >= 15 is 0 Å². The fourth-order valence-electron chi connectivity index (χ4n) is 5.49. The highest BCUT2D eigenvalue weighted by Gasteiger charge is 2.34. The highest BCUT2D eigenvalue weighted by atomic mass is 32.2. The first-order chi connectivity index (χ1) is 19.6. The molecule has 1 aliphatic carbocycles. The minimum absolute atomic E-state index is 0.351. The van der Waals surface area contributed by atoms with Crippen LogP contribution in [0, 0.1) is 12.8 Å². The lowest BCUT2D eigenvalue weighted by atomic mass is 9.75. The third kappa shape index (κ3) is 4.72. The standard InChI is InChI=1S/C33H29N5OS/c1-21-7-12-27(13-8-21)40-39-20-22-17-26(18-22)33-37-30(31-32(34)35-15-16-38(31)33)25-10-9-24-11-14-28(36-29(24)19-25)23-5-3-2-4-6-23/h2-16,19,22,26H,17-18,20H2,1H3,(H2,34,35). The summed E-state index contributed by atoms with van der Waals surface area (Å²) in [5, 5.41) is 1.09. The van der Waals surface area contributed by atoms with Gasteiger partial charge < -0.3 is 9.92 Å². The van der Waals surface area contributed by atoms with Crippen molar-refractivity contribution in [3.8, 4) is 22.5 Å². The van der Waals surface area contributed by atoms with E-state index in [2.05, 4.69) is 83.0 Å². The fraction of sp³-hybridized carbons (Fsp3) is 0.182. The summed E-state index contributed by atoms with van der Waals surface area (Å²) in [7, 11) is 0. The smallest absolute Gasteiger partial charge is 0.150 e. The SMILES string of the molecule is Cc1ccc(SOCC2CC(c3nc(-c4ccc5ccc(-c6ccccc6)nc5c4)c4c(N)nccn34)C2)cc1. The molecule has 0 saturated heterocycles. The molecule has 1 fully saturated rings. The molecule has 6 aromatic rings. The number of hydrogen-bond acceptors (Lipinski definition) is 6. The van der Waals surface area contributed by atoms with E-state index in [1.165, 1.54) is 17.6 Å². The summed E-state index contributed by atoms with van der Waals surface area (Å²) in [6, 6.07) is 29.2. The number of rotatable bonds is 7. The summed E-state index contributed by atoms with van der Waals surface area (Å²) in [5.74, 6) is 2.38. The zero-order valence-corrected chi connectivity index (χ0v) is 23.0. The third-order valence-corrected chi connectivity index (χ3v) is 8.44. The zero-order valence-electron chi connectivity index (χ0n) is 22.2. The Morgan fingerprint density at radius 3 is 2.55 bits per heavy atom. The molecule has 40 heavy (non-hydrogen) atoms. The van der Waals surface area contributed by atoms with E-state index < -0.39 is 0 Å². The maximum Gasteiger partial charge on any atom is 0.150 e. The van der Waals surface area contributed by atoms with Gasteiger partial charge in [0.25, 0.3) is 0 Å². The maximum atomic E-state index is 6.43. The largest absolute Gasteiger partial charge is 0.382 e. The maximum absolute atomic E-state index is 6.43. The molecular formula is C33H29N5OS. The Labute approximate surface area is 237 Å². The molecule has 7 heteroatoms. The topological polar surface area (TPSA) is 78.3 Å². The second-order valence-electron chi connectivity index (χ2n) is 10.5. The molecule has 1 saturated carbocycles.